The topological polar surface area (TPSA) is 54.0 Å². The van der Waals surface area contributed by atoms with Crippen molar-refractivity contribution in [3.8, 4) is 0 Å². The number of hydrogen-bond acceptors (Lipinski definition) is 2. The van der Waals surface area contributed by atoms with E-state index >= 15 is 0 Å². The maximum atomic E-state index is 11.8. The fourth-order valence-electron chi connectivity index (χ4n) is 1.32. The van der Waals surface area contributed by atoms with E-state index in [4.69, 9.17) is 11.6 Å². The fraction of sp³-hybridized carbons (Fsp3) is 0. The third kappa shape index (κ3) is 3.21. The Bertz CT molecular complexity index is 527. The molecule has 0 bridgehead atoms. The molecule has 0 aliphatic heterocycles. The number of halogens is 2. The summed E-state index contributed by atoms with van der Waals surface area (Å²) in [7, 11) is 0. The largest absolute Gasteiger partial charge is 0.323 e. The van der Waals surface area contributed by atoms with Crippen molar-refractivity contribution in [3.63, 3.8) is 0 Å². The monoisotopic (exact) mass is 325 g/mol. The molecule has 2 N–H and O–H groups in total. The second-order valence-corrected chi connectivity index (χ2v) is 4.68. The second-order valence-electron chi connectivity index (χ2n) is 3.41. The zero-order chi connectivity index (χ0) is 13.0. The number of carbonyl (C=O) groups is 1. The van der Waals surface area contributed by atoms with Crippen LogP contribution in [-0.2, 0) is 0 Å². The number of urea groups is 1. The number of benzene rings is 1. The Kier molecular flexibility index (Phi) is 4.17. The molecule has 18 heavy (non-hydrogen) atoms. The fourth-order valence-corrected chi connectivity index (χ4v) is 1.85. The van der Waals surface area contributed by atoms with Gasteiger partial charge in [-0.1, -0.05) is 23.7 Å². The number of rotatable bonds is 2. The third-order valence-corrected chi connectivity index (χ3v) is 3.10. The van der Waals surface area contributed by atoms with Gasteiger partial charge in [0.05, 0.1) is 20.9 Å². The molecule has 0 aliphatic rings. The first-order valence-corrected chi connectivity index (χ1v) is 6.26. The van der Waals surface area contributed by atoms with Gasteiger partial charge in [0.2, 0.25) is 0 Å². The molecule has 1 aromatic carbocycles. The molecule has 0 saturated carbocycles. The number of amides is 2. The standard InChI is InChI=1S/C12H9BrClN3O/c13-8-7-15-6-5-10(8)16-12(18)17-11-4-2-1-3-9(11)14/h1-7H,(H2,15,16,17,18). The van der Waals surface area contributed by atoms with Crippen LogP contribution in [0.3, 0.4) is 0 Å². The Morgan fingerprint density at radius 2 is 1.89 bits per heavy atom. The number of aromatic nitrogens is 1. The van der Waals surface area contributed by atoms with Crippen molar-refractivity contribution in [3.05, 3.63) is 52.2 Å². The van der Waals surface area contributed by atoms with Crippen LogP contribution in [0.15, 0.2) is 47.2 Å². The molecular formula is C12H9BrClN3O. The lowest BCUT2D eigenvalue weighted by molar-refractivity contribution is 0.262. The van der Waals surface area contributed by atoms with Gasteiger partial charge in [0, 0.05) is 12.4 Å². The van der Waals surface area contributed by atoms with Crippen LogP contribution < -0.4 is 10.6 Å². The molecule has 0 radical (unpaired) electrons. The minimum Gasteiger partial charge on any atom is -0.306 e. The van der Waals surface area contributed by atoms with E-state index in [0.29, 0.717) is 20.9 Å². The SMILES string of the molecule is O=C(Nc1ccccc1Cl)Nc1ccncc1Br. The summed E-state index contributed by atoms with van der Waals surface area (Å²) in [5.41, 5.74) is 1.19. The highest BCUT2D eigenvalue weighted by Crippen LogP contribution is 2.22. The number of nitrogens with zero attached hydrogens (tertiary/aromatic N) is 1. The Morgan fingerprint density at radius 3 is 2.61 bits per heavy atom. The van der Waals surface area contributed by atoms with Gasteiger partial charge in [-0.2, -0.15) is 0 Å². The molecule has 4 nitrogen and oxygen atoms in total. The van der Waals surface area contributed by atoms with Crippen molar-refractivity contribution >= 4 is 44.9 Å². The van der Waals surface area contributed by atoms with Crippen LogP contribution in [0.4, 0.5) is 16.2 Å². The zero-order valence-corrected chi connectivity index (χ0v) is 11.5. The van der Waals surface area contributed by atoms with Crippen LogP contribution in [0.1, 0.15) is 0 Å². The number of nitrogens with one attached hydrogen (secondary N) is 2. The van der Waals surface area contributed by atoms with Gasteiger partial charge in [-0.25, -0.2) is 4.79 Å². The van der Waals surface area contributed by atoms with Gasteiger partial charge in [0.1, 0.15) is 0 Å². The van der Waals surface area contributed by atoms with Crippen LogP contribution in [0.2, 0.25) is 5.02 Å². The Balaban J connectivity index is 2.06. The Hall–Kier alpha value is -1.59. The number of hydrogen-bond donors (Lipinski definition) is 2. The maximum absolute atomic E-state index is 11.8. The Labute approximate surface area is 118 Å². The maximum Gasteiger partial charge on any atom is 0.323 e. The predicted molar refractivity (Wildman–Crippen MR) is 76.0 cm³/mol. The van der Waals surface area contributed by atoms with E-state index in [1.165, 1.54) is 0 Å². The molecule has 6 heteroatoms. The highest BCUT2D eigenvalue weighted by Gasteiger charge is 2.07. The quantitative estimate of drug-likeness (QED) is 0.871. The van der Waals surface area contributed by atoms with Crippen LogP contribution in [0.25, 0.3) is 0 Å². The van der Waals surface area contributed by atoms with Crippen molar-refractivity contribution in [2.75, 3.05) is 10.6 Å². The number of carbonyl (C=O) groups excluding carboxylic acids is 1. The van der Waals surface area contributed by atoms with Crippen molar-refractivity contribution in [1.82, 2.24) is 4.98 Å². The summed E-state index contributed by atoms with van der Waals surface area (Å²) in [5.74, 6) is 0. The molecule has 0 atom stereocenters. The summed E-state index contributed by atoms with van der Waals surface area (Å²) in [5, 5.41) is 5.84. The molecule has 0 fully saturated rings. The highest BCUT2D eigenvalue weighted by molar-refractivity contribution is 9.10. The number of pyridine rings is 1. The van der Waals surface area contributed by atoms with Gasteiger partial charge < -0.3 is 10.6 Å². The summed E-state index contributed by atoms with van der Waals surface area (Å²) >= 11 is 9.23. The summed E-state index contributed by atoms with van der Waals surface area (Å²) in [4.78, 5) is 15.7. The molecule has 2 rings (SSSR count). The molecule has 0 saturated heterocycles. The van der Waals surface area contributed by atoms with E-state index in [1.807, 2.05) is 0 Å². The smallest absolute Gasteiger partial charge is 0.306 e. The molecule has 1 aromatic heterocycles. The van der Waals surface area contributed by atoms with Gasteiger partial charge in [-0.15, -0.1) is 0 Å². The predicted octanol–water partition coefficient (Wildman–Crippen LogP) is 4.14. The van der Waals surface area contributed by atoms with Crippen LogP contribution in [-0.4, -0.2) is 11.0 Å². The molecule has 0 unspecified atom stereocenters. The molecule has 1 heterocycles. The minimum absolute atomic E-state index is 0.366. The summed E-state index contributed by atoms with van der Waals surface area (Å²) in [6, 6.07) is 8.35. The minimum atomic E-state index is -0.366. The summed E-state index contributed by atoms with van der Waals surface area (Å²) < 4.78 is 0.708. The number of anilines is 2. The van der Waals surface area contributed by atoms with Crippen LogP contribution in [0.5, 0.6) is 0 Å². The first-order chi connectivity index (χ1) is 8.66. The average Bonchev–Trinajstić information content (AvgIpc) is 2.35. The molecule has 2 aromatic rings. The van der Waals surface area contributed by atoms with Gasteiger partial charge in [-0.3, -0.25) is 4.98 Å². The first kappa shape index (κ1) is 12.9. The van der Waals surface area contributed by atoms with E-state index in [1.54, 1.807) is 42.7 Å². The van der Waals surface area contributed by atoms with Crippen LogP contribution in [0, 0.1) is 0 Å². The summed E-state index contributed by atoms with van der Waals surface area (Å²) in [6.45, 7) is 0. The van der Waals surface area contributed by atoms with E-state index in [-0.39, 0.29) is 6.03 Å². The first-order valence-electron chi connectivity index (χ1n) is 5.09. The van der Waals surface area contributed by atoms with E-state index < -0.39 is 0 Å². The van der Waals surface area contributed by atoms with Gasteiger partial charge in [-0.05, 0) is 34.1 Å². The van der Waals surface area contributed by atoms with Crippen molar-refractivity contribution < 1.29 is 4.79 Å². The van der Waals surface area contributed by atoms with Crippen molar-refractivity contribution in [2.45, 2.75) is 0 Å². The normalized spacial score (nSPS) is 9.89. The second kappa shape index (κ2) is 5.84. The molecule has 92 valence electrons. The van der Waals surface area contributed by atoms with E-state index in [2.05, 4.69) is 31.5 Å². The van der Waals surface area contributed by atoms with Gasteiger partial charge in [0.25, 0.3) is 0 Å². The molecular weight excluding hydrogens is 318 g/mol. The lowest BCUT2D eigenvalue weighted by Gasteiger charge is -2.09. The summed E-state index contributed by atoms with van der Waals surface area (Å²) in [6.07, 6.45) is 3.20. The van der Waals surface area contributed by atoms with Gasteiger partial charge >= 0.3 is 6.03 Å². The highest BCUT2D eigenvalue weighted by atomic mass is 79.9. The van der Waals surface area contributed by atoms with Gasteiger partial charge in [0.15, 0.2) is 0 Å². The van der Waals surface area contributed by atoms with Crippen molar-refractivity contribution in [1.29, 1.82) is 0 Å². The lowest BCUT2D eigenvalue weighted by Crippen LogP contribution is -2.19. The van der Waals surface area contributed by atoms with E-state index in [9.17, 15) is 4.79 Å². The molecule has 2 amide bonds. The molecule has 0 spiro atoms. The van der Waals surface area contributed by atoms with Crippen molar-refractivity contribution in [2.24, 2.45) is 0 Å². The lowest BCUT2D eigenvalue weighted by atomic mass is 10.3. The zero-order valence-electron chi connectivity index (χ0n) is 9.15. The molecule has 0 aliphatic carbocycles. The van der Waals surface area contributed by atoms with Crippen LogP contribution >= 0.6 is 27.5 Å². The van der Waals surface area contributed by atoms with E-state index in [0.717, 1.165) is 0 Å². The Morgan fingerprint density at radius 1 is 1.17 bits per heavy atom. The number of para-hydroxylation sites is 1. The third-order valence-electron chi connectivity index (χ3n) is 2.14. The average molecular weight is 327 g/mol.